The van der Waals surface area contributed by atoms with Crippen molar-refractivity contribution in [2.75, 3.05) is 13.1 Å². The van der Waals surface area contributed by atoms with Gasteiger partial charge in [0.1, 0.15) is 0 Å². The molecule has 0 spiro atoms. The molecule has 0 aromatic rings. The van der Waals surface area contributed by atoms with Gasteiger partial charge in [0.05, 0.1) is 6.42 Å². The molecule has 0 aliphatic heterocycles. The number of carboxylic acid groups (broad SMARTS) is 1. The molecule has 0 aromatic heterocycles. The fourth-order valence-electron chi connectivity index (χ4n) is 2.98. The molecule has 1 rings (SSSR count). The summed E-state index contributed by atoms with van der Waals surface area (Å²) in [6.07, 6.45) is 5.43. The highest BCUT2D eigenvalue weighted by molar-refractivity contribution is 5.66. The van der Waals surface area contributed by atoms with Gasteiger partial charge in [0, 0.05) is 12.6 Å². The SMILES string of the molecule is CCN(CCC(=O)O)C1CCCC(C(C)C)C1. The maximum Gasteiger partial charge on any atom is 0.304 e. The first kappa shape index (κ1) is 14.5. The van der Waals surface area contributed by atoms with Crippen LogP contribution in [0.1, 0.15) is 52.9 Å². The molecule has 1 saturated carbocycles. The first-order valence-corrected chi connectivity index (χ1v) is 7.00. The average Bonchev–Trinajstić information content (AvgIpc) is 2.30. The van der Waals surface area contributed by atoms with Crippen molar-refractivity contribution in [2.45, 2.75) is 58.9 Å². The van der Waals surface area contributed by atoms with Crippen LogP contribution in [-0.2, 0) is 4.79 Å². The van der Waals surface area contributed by atoms with Crippen LogP contribution in [0.3, 0.4) is 0 Å². The topological polar surface area (TPSA) is 40.5 Å². The molecule has 0 heterocycles. The van der Waals surface area contributed by atoms with Gasteiger partial charge in [-0.2, -0.15) is 0 Å². The van der Waals surface area contributed by atoms with Crippen molar-refractivity contribution in [3.8, 4) is 0 Å². The predicted molar refractivity (Wildman–Crippen MR) is 70.1 cm³/mol. The van der Waals surface area contributed by atoms with E-state index in [4.69, 9.17) is 5.11 Å². The van der Waals surface area contributed by atoms with E-state index in [1.807, 2.05) is 0 Å². The Morgan fingerprint density at radius 1 is 1.41 bits per heavy atom. The lowest BCUT2D eigenvalue weighted by Gasteiger charge is -2.38. The van der Waals surface area contributed by atoms with Crippen LogP contribution in [0.5, 0.6) is 0 Å². The quantitative estimate of drug-likeness (QED) is 0.777. The van der Waals surface area contributed by atoms with Gasteiger partial charge in [-0.15, -0.1) is 0 Å². The number of nitrogens with zero attached hydrogens (tertiary/aromatic N) is 1. The van der Waals surface area contributed by atoms with Crippen molar-refractivity contribution < 1.29 is 9.90 Å². The highest BCUT2D eigenvalue weighted by atomic mass is 16.4. The number of hydrogen-bond donors (Lipinski definition) is 1. The summed E-state index contributed by atoms with van der Waals surface area (Å²) < 4.78 is 0. The molecule has 3 heteroatoms. The Bertz CT molecular complexity index is 240. The maximum atomic E-state index is 10.6. The molecular weight excluding hydrogens is 214 g/mol. The minimum Gasteiger partial charge on any atom is -0.481 e. The molecular formula is C14H27NO2. The van der Waals surface area contributed by atoms with E-state index in [-0.39, 0.29) is 6.42 Å². The van der Waals surface area contributed by atoms with E-state index in [1.165, 1.54) is 25.7 Å². The zero-order valence-corrected chi connectivity index (χ0v) is 11.5. The molecule has 2 atom stereocenters. The van der Waals surface area contributed by atoms with E-state index < -0.39 is 5.97 Å². The molecule has 0 amide bonds. The van der Waals surface area contributed by atoms with Gasteiger partial charge in [0.25, 0.3) is 0 Å². The van der Waals surface area contributed by atoms with Crippen molar-refractivity contribution in [3.05, 3.63) is 0 Å². The predicted octanol–water partition coefficient (Wildman–Crippen LogP) is 3.00. The first-order chi connectivity index (χ1) is 8.04. The zero-order chi connectivity index (χ0) is 12.8. The van der Waals surface area contributed by atoms with Gasteiger partial charge in [0.15, 0.2) is 0 Å². The molecule has 1 fully saturated rings. The average molecular weight is 241 g/mol. The molecule has 1 N–H and O–H groups in total. The minimum atomic E-state index is -0.681. The summed E-state index contributed by atoms with van der Waals surface area (Å²) in [5.41, 5.74) is 0. The lowest BCUT2D eigenvalue weighted by molar-refractivity contribution is -0.137. The van der Waals surface area contributed by atoms with Crippen molar-refractivity contribution in [1.29, 1.82) is 0 Å². The molecule has 3 nitrogen and oxygen atoms in total. The number of carbonyl (C=O) groups is 1. The number of rotatable bonds is 6. The zero-order valence-electron chi connectivity index (χ0n) is 11.5. The molecule has 1 aliphatic carbocycles. The van der Waals surface area contributed by atoms with Crippen LogP contribution in [-0.4, -0.2) is 35.1 Å². The number of carboxylic acids is 1. The smallest absolute Gasteiger partial charge is 0.304 e. The summed E-state index contributed by atoms with van der Waals surface area (Å²) >= 11 is 0. The van der Waals surface area contributed by atoms with Crippen LogP contribution in [0.15, 0.2) is 0 Å². The molecule has 2 unspecified atom stereocenters. The van der Waals surface area contributed by atoms with Crippen molar-refractivity contribution >= 4 is 5.97 Å². The summed E-state index contributed by atoms with van der Waals surface area (Å²) in [5.74, 6) is 0.906. The van der Waals surface area contributed by atoms with Crippen LogP contribution in [0.25, 0.3) is 0 Å². The molecule has 17 heavy (non-hydrogen) atoms. The lowest BCUT2D eigenvalue weighted by Crippen LogP contribution is -2.40. The van der Waals surface area contributed by atoms with Crippen LogP contribution in [0.4, 0.5) is 0 Å². The summed E-state index contributed by atoms with van der Waals surface area (Å²) in [6.45, 7) is 8.44. The molecule has 0 radical (unpaired) electrons. The van der Waals surface area contributed by atoms with Gasteiger partial charge in [-0.1, -0.05) is 33.6 Å². The molecule has 0 bridgehead atoms. The normalized spacial score (nSPS) is 25.5. The lowest BCUT2D eigenvalue weighted by atomic mass is 9.79. The van der Waals surface area contributed by atoms with Gasteiger partial charge >= 0.3 is 5.97 Å². The van der Waals surface area contributed by atoms with Gasteiger partial charge in [-0.05, 0) is 31.2 Å². The summed E-state index contributed by atoms with van der Waals surface area (Å²) in [7, 11) is 0. The van der Waals surface area contributed by atoms with Gasteiger partial charge in [-0.3, -0.25) is 4.79 Å². The fourth-order valence-corrected chi connectivity index (χ4v) is 2.98. The second-order valence-electron chi connectivity index (χ2n) is 5.60. The van der Waals surface area contributed by atoms with Crippen molar-refractivity contribution in [1.82, 2.24) is 4.90 Å². The summed E-state index contributed by atoms with van der Waals surface area (Å²) in [4.78, 5) is 13.0. The van der Waals surface area contributed by atoms with E-state index in [0.717, 1.165) is 18.4 Å². The van der Waals surface area contributed by atoms with Crippen molar-refractivity contribution in [3.63, 3.8) is 0 Å². The molecule has 1 aliphatic rings. The Kier molecular flexibility index (Phi) is 5.96. The highest BCUT2D eigenvalue weighted by Gasteiger charge is 2.27. The largest absolute Gasteiger partial charge is 0.481 e. The van der Waals surface area contributed by atoms with Crippen LogP contribution < -0.4 is 0 Å². The van der Waals surface area contributed by atoms with Gasteiger partial charge in [0.2, 0.25) is 0 Å². The van der Waals surface area contributed by atoms with Crippen LogP contribution in [0, 0.1) is 11.8 Å². The minimum absolute atomic E-state index is 0.274. The Morgan fingerprint density at radius 3 is 2.65 bits per heavy atom. The second kappa shape index (κ2) is 7.00. The molecule has 100 valence electrons. The Labute approximate surface area is 105 Å². The van der Waals surface area contributed by atoms with Gasteiger partial charge < -0.3 is 10.0 Å². The number of aliphatic carboxylic acids is 1. The Balaban J connectivity index is 2.47. The van der Waals surface area contributed by atoms with E-state index in [9.17, 15) is 4.79 Å². The third kappa shape index (κ3) is 4.66. The number of hydrogen-bond acceptors (Lipinski definition) is 2. The summed E-state index contributed by atoms with van der Waals surface area (Å²) in [6, 6.07) is 0.612. The van der Waals surface area contributed by atoms with E-state index in [2.05, 4.69) is 25.7 Å². The third-order valence-corrected chi connectivity index (χ3v) is 4.17. The van der Waals surface area contributed by atoms with E-state index in [0.29, 0.717) is 12.6 Å². The third-order valence-electron chi connectivity index (χ3n) is 4.17. The monoisotopic (exact) mass is 241 g/mol. The first-order valence-electron chi connectivity index (χ1n) is 7.00. The second-order valence-corrected chi connectivity index (χ2v) is 5.60. The summed E-state index contributed by atoms with van der Waals surface area (Å²) in [5, 5.41) is 8.77. The fraction of sp³-hybridized carbons (Fsp3) is 0.929. The maximum absolute atomic E-state index is 10.6. The standard InChI is InChI=1S/C14H27NO2/c1-4-15(9-8-14(16)17)13-7-5-6-12(10-13)11(2)3/h11-13H,4-10H2,1-3H3,(H,16,17). The molecule has 0 aromatic carbocycles. The molecule has 0 saturated heterocycles. The van der Waals surface area contributed by atoms with Crippen molar-refractivity contribution in [2.24, 2.45) is 11.8 Å². The highest BCUT2D eigenvalue weighted by Crippen LogP contribution is 2.32. The van der Waals surface area contributed by atoms with E-state index >= 15 is 0 Å². The van der Waals surface area contributed by atoms with Gasteiger partial charge in [-0.25, -0.2) is 0 Å². The van der Waals surface area contributed by atoms with E-state index in [1.54, 1.807) is 0 Å². The van der Waals surface area contributed by atoms with Crippen LogP contribution >= 0.6 is 0 Å². The Morgan fingerprint density at radius 2 is 2.12 bits per heavy atom. The Hall–Kier alpha value is -0.570. The van der Waals surface area contributed by atoms with Crippen LogP contribution in [0.2, 0.25) is 0 Å².